The number of hydrogen-bond donors (Lipinski definition) is 1. The van der Waals surface area contributed by atoms with Gasteiger partial charge in [0.2, 0.25) is 5.91 Å². The van der Waals surface area contributed by atoms with Gasteiger partial charge in [0.1, 0.15) is 5.75 Å². The average molecular weight is 337 g/mol. The summed E-state index contributed by atoms with van der Waals surface area (Å²) >= 11 is 0. The van der Waals surface area contributed by atoms with Crippen molar-refractivity contribution in [2.75, 3.05) is 6.61 Å². The van der Waals surface area contributed by atoms with E-state index in [1.165, 1.54) is 6.07 Å². The van der Waals surface area contributed by atoms with Gasteiger partial charge in [-0.25, -0.2) is 0 Å². The number of nitrogens with one attached hydrogen (secondary N) is 1. The van der Waals surface area contributed by atoms with Crippen molar-refractivity contribution >= 4 is 5.91 Å². The van der Waals surface area contributed by atoms with E-state index in [-0.39, 0.29) is 25.5 Å². The topological polar surface area (TPSA) is 38.3 Å². The molecule has 3 nitrogen and oxygen atoms in total. The Morgan fingerprint density at radius 3 is 2.58 bits per heavy atom. The molecule has 1 amide bonds. The minimum absolute atomic E-state index is 0.0487. The van der Waals surface area contributed by atoms with Gasteiger partial charge < -0.3 is 10.1 Å². The first kappa shape index (κ1) is 17.8. The molecular weight excluding hydrogens is 319 g/mol. The van der Waals surface area contributed by atoms with E-state index in [1.54, 1.807) is 6.07 Å². The fourth-order valence-electron chi connectivity index (χ4n) is 2.12. The number of aryl methyl sites for hydroxylation is 1. The largest absolute Gasteiger partial charge is 0.493 e. The molecule has 1 N–H and O–H groups in total. The molecule has 0 aliphatic rings. The van der Waals surface area contributed by atoms with E-state index in [1.807, 2.05) is 31.2 Å². The third kappa shape index (κ3) is 5.30. The van der Waals surface area contributed by atoms with Gasteiger partial charge in [-0.3, -0.25) is 4.79 Å². The van der Waals surface area contributed by atoms with Crippen LogP contribution in [0.3, 0.4) is 0 Å². The van der Waals surface area contributed by atoms with Crippen LogP contribution in [0, 0.1) is 6.92 Å². The Labute approximate surface area is 138 Å². The van der Waals surface area contributed by atoms with E-state index >= 15 is 0 Å². The number of rotatable bonds is 6. The van der Waals surface area contributed by atoms with E-state index in [9.17, 15) is 18.0 Å². The third-order valence-corrected chi connectivity index (χ3v) is 3.42. The molecule has 0 aliphatic carbocycles. The van der Waals surface area contributed by atoms with Gasteiger partial charge in [0.25, 0.3) is 0 Å². The summed E-state index contributed by atoms with van der Waals surface area (Å²) in [5.41, 5.74) is 0.650. The molecule has 0 atom stereocenters. The van der Waals surface area contributed by atoms with Crippen LogP contribution >= 0.6 is 0 Å². The molecular formula is C18H18F3NO2. The van der Waals surface area contributed by atoms with Gasteiger partial charge in [-0.2, -0.15) is 13.2 Å². The number of alkyl halides is 3. The fraction of sp³-hybridized carbons (Fsp3) is 0.278. The van der Waals surface area contributed by atoms with Crippen molar-refractivity contribution in [3.8, 4) is 5.75 Å². The molecule has 0 aromatic heterocycles. The summed E-state index contributed by atoms with van der Waals surface area (Å²) in [5.74, 6) is 0.434. The highest BCUT2D eigenvalue weighted by Gasteiger charge is 2.30. The van der Waals surface area contributed by atoms with Crippen molar-refractivity contribution in [1.82, 2.24) is 5.32 Å². The molecule has 0 heterocycles. The second-order valence-electron chi connectivity index (χ2n) is 5.34. The van der Waals surface area contributed by atoms with Crippen molar-refractivity contribution in [2.45, 2.75) is 26.1 Å². The molecule has 0 aliphatic heterocycles. The van der Waals surface area contributed by atoms with Gasteiger partial charge in [0, 0.05) is 6.54 Å². The maximum Gasteiger partial charge on any atom is 0.416 e. The Bertz CT molecular complexity index is 699. The second kappa shape index (κ2) is 7.86. The number of benzene rings is 2. The van der Waals surface area contributed by atoms with Gasteiger partial charge in [-0.05, 0) is 36.2 Å². The summed E-state index contributed by atoms with van der Waals surface area (Å²) < 4.78 is 43.4. The van der Waals surface area contributed by atoms with E-state index in [2.05, 4.69) is 5.32 Å². The van der Waals surface area contributed by atoms with Crippen molar-refractivity contribution in [3.05, 3.63) is 65.2 Å². The summed E-state index contributed by atoms with van der Waals surface area (Å²) in [6, 6.07) is 12.4. The smallest absolute Gasteiger partial charge is 0.416 e. The Balaban J connectivity index is 1.78. The summed E-state index contributed by atoms with van der Waals surface area (Å²) in [4.78, 5) is 11.8. The molecule has 128 valence electrons. The number of ether oxygens (including phenoxy) is 1. The summed E-state index contributed by atoms with van der Waals surface area (Å²) in [6.07, 6.45) is -4.26. The molecule has 0 saturated carbocycles. The highest BCUT2D eigenvalue weighted by molar-refractivity contribution is 5.76. The normalized spacial score (nSPS) is 11.2. The SMILES string of the molecule is Cc1ccccc1OCCC(=O)NCc1cccc(C(F)(F)F)c1. The van der Waals surface area contributed by atoms with E-state index < -0.39 is 11.7 Å². The highest BCUT2D eigenvalue weighted by Crippen LogP contribution is 2.29. The van der Waals surface area contributed by atoms with Gasteiger partial charge in [0.15, 0.2) is 0 Å². The van der Waals surface area contributed by atoms with Crippen LogP contribution in [0.15, 0.2) is 48.5 Å². The number of carbonyl (C=O) groups excluding carboxylic acids is 1. The van der Waals surface area contributed by atoms with Crippen LogP contribution in [0.25, 0.3) is 0 Å². The second-order valence-corrected chi connectivity index (χ2v) is 5.34. The standard InChI is InChI=1S/C18H18F3NO2/c1-13-5-2-3-8-16(13)24-10-9-17(23)22-12-14-6-4-7-15(11-14)18(19,20)21/h2-8,11H,9-10,12H2,1H3,(H,22,23). The van der Waals surface area contributed by atoms with Crippen molar-refractivity contribution in [1.29, 1.82) is 0 Å². The number of halogens is 3. The third-order valence-electron chi connectivity index (χ3n) is 3.42. The van der Waals surface area contributed by atoms with Gasteiger partial charge in [0.05, 0.1) is 18.6 Å². The van der Waals surface area contributed by atoms with Gasteiger partial charge >= 0.3 is 6.18 Å². The molecule has 6 heteroatoms. The molecule has 0 bridgehead atoms. The van der Waals surface area contributed by atoms with Gasteiger partial charge in [-0.1, -0.05) is 30.3 Å². The first-order valence-electron chi connectivity index (χ1n) is 7.47. The van der Waals surface area contributed by atoms with Crippen molar-refractivity contribution in [3.63, 3.8) is 0 Å². The van der Waals surface area contributed by atoms with Crippen LogP contribution < -0.4 is 10.1 Å². The number of hydrogen-bond acceptors (Lipinski definition) is 2. The van der Waals surface area contributed by atoms with Crippen molar-refractivity contribution < 1.29 is 22.7 Å². The van der Waals surface area contributed by atoms with Crippen LogP contribution in [0.1, 0.15) is 23.1 Å². The van der Waals surface area contributed by atoms with E-state index in [4.69, 9.17) is 4.74 Å². The lowest BCUT2D eigenvalue weighted by atomic mass is 10.1. The van der Waals surface area contributed by atoms with E-state index in [0.29, 0.717) is 11.3 Å². The Hall–Kier alpha value is -2.50. The first-order chi connectivity index (χ1) is 11.4. The number of amides is 1. The minimum atomic E-state index is -4.39. The monoisotopic (exact) mass is 337 g/mol. The van der Waals surface area contributed by atoms with E-state index in [0.717, 1.165) is 17.7 Å². The van der Waals surface area contributed by atoms with Crippen LogP contribution in [0.4, 0.5) is 13.2 Å². The Morgan fingerprint density at radius 1 is 1.12 bits per heavy atom. The zero-order chi connectivity index (χ0) is 17.6. The predicted molar refractivity (Wildman–Crippen MR) is 84.6 cm³/mol. The molecule has 2 rings (SSSR count). The van der Waals surface area contributed by atoms with Crippen LogP contribution in [0.5, 0.6) is 5.75 Å². The molecule has 2 aromatic rings. The summed E-state index contributed by atoms with van der Waals surface area (Å²) in [7, 11) is 0. The zero-order valence-electron chi connectivity index (χ0n) is 13.2. The maximum absolute atomic E-state index is 12.6. The predicted octanol–water partition coefficient (Wildman–Crippen LogP) is 4.10. The number of para-hydroxylation sites is 1. The quantitative estimate of drug-likeness (QED) is 0.862. The lowest BCUT2D eigenvalue weighted by Crippen LogP contribution is -2.24. The molecule has 24 heavy (non-hydrogen) atoms. The van der Waals surface area contributed by atoms with Gasteiger partial charge in [-0.15, -0.1) is 0 Å². The molecule has 0 unspecified atom stereocenters. The maximum atomic E-state index is 12.6. The zero-order valence-corrected chi connectivity index (χ0v) is 13.2. The highest BCUT2D eigenvalue weighted by atomic mass is 19.4. The molecule has 0 saturated heterocycles. The number of carbonyl (C=O) groups is 1. The van der Waals surface area contributed by atoms with Crippen molar-refractivity contribution in [2.24, 2.45) is 0 Å². The first-order valence-corrected chi connectivity index (χ1v) is 7.47. The fourth-order valence-corrected chi connectivity index (χ4v) is 2.12. The average Bonchev–Trinajstić information content (AvgIpc) is 2.54. The summed E-state index contributed by atoms with van der Waals surface area (Å²) in [5, 5.41) is 2.59. The molecule has 0 radical (unpaired) electrons. The lowest BCUT2D eigenvalue weighted by Gasteiger charge is -2.10. The van der Waals surface area contributed by atoms with Crippen LogP contribution in [0.2, 0.25) is 0 Å². The Morgan fingerprint density at radius 2 is 1.88 bits per heavy atom. The Kier molecular flexibility index (Phi) is 5.84. The lowest BCUT2D eigenvalue weighted by molar-refractivity contribution is -0.137. The molecule has 0 spiro atoms. The minimum Gasteiger partial charge on any atom is -0.493 e. The molecule has 0 fully saturated rings. The van der Waals surface area contributed by atoms with Crippen LogP contribution in [-0.2, 0) is 17.5 Å². The van der Waals surface area contributed by atoms with Crippen LogP contribution in [-0.4, -0.2) is 12.5 Å². The molecule has 2 aromatic carbocycles. The summed E-state index contributed by atoms with van der Waals surface area (Å²) in [6.45, 7) is 2.16.